The number of aliphatic hydroxyl groups is 1. The van der Waals surface area contributed by atoms with Gasteiger partial charge in [0.2, 0.25) is 5.91 Å². The molecule has 4 atom stereocenters. The van der Waals surface area contributed by atoms with E-state index in [1.165, 1.54) is 0 Å². The second-order valence-electron chi connectivity index (χ2n) is 8.69. The zero-order valence-electron chi connectivity index (χ0n) is 18.7. The van der Waals surface area contributed by atoms with Crippen LogP contribution in [0.25, 0.3) is 0 Å². The lowest BCUT2D eigenvalue weighted by molar-refractivity contribution is -0.137. The van der Waals surface area contributed by atoms with E-state index < -0.39 is 24.3 Å². The van der Waals surface area contributed by atoms with Crippen molar-refractivity contribution in [2.75, 3.05) is 13.2 Å². The molecule has 2 aliphatic rings. The number of amides is 2. The molecule has 2 heterocycles. The topological polar surface area (TPSA) is 88.1 Å². The molecular formula is C26H28N2O5. The number of ether oxygens (including phenoxy) is 2. The fraction of sp³-hybridized carbons (Fsp3) is 0.385. The maximum Gasteiger partial charge on any atom is 0.251 e. The van der Waals surface area contributed by atoms with Gasteiger partial charge < -0.3 is 24.8 Å². The SMILES string of the molecule is CC(C)C[C@H](NC(=O)c1ccc(Oc2ccccc2)cc1)C(=O)N1CC#C[C@H]2OC[C@H](O)[C@H]21. The molecule has 33 heavy (non-hydrogen) atoms. The lowest BCUT2D eigenvalue weighted by Gasteiger charge is -2.35. The number of carbonyl (C=O) groups excluding carboxylic acids is 2. The number of para-hydroxylation sites is 1. The summed E-state index contributed by atoms with van der Waals surface area (Å²) in [5.41, 5.74) is 0.428. The Bertz CT molecular complexity index is 1040. The standard InChI is InChI=1S/C26H28N2O5/c1-17(2)15-21(26(31)28-14-6-9-23-24(28)22(29)16-32-23)27-25(30)18-10-12-20(13-11-18)33-19-7-4-3-5-8-19/h3-5,7-8,10-13,17,21-24,29H,14-16H2,1-2H3,(H,27,30)/t21-,22-,23+,24+/m0/s1. The number of benzene rings is 2. The van der Waals surface area contributed by atoms with Gasteiger partial charge in [-0.3, -0.25) is 9.59 Å². The predicted octanol–water partition coefficient (Wildman–Crippen LogP) is 2.60. The van der Waals surface area contributed by atoms with Crippen molar-refractivity contribution < 1.29 is 24.2 Å². The number of aliphatic hydroxyl groups excluding tert-OH is 1. The lowest BCUT2D eigenvalue weighted by atomic mass is 9.98. The summed E-state index contributed by atoms with van der Waals surface area (Å²) in [6.07, 6.45) is -0.815. The Morgan fingerprint density at radius 2 is 1.85 bits per heavy atom. The summed E-state index contributed by atoms with van der Waals surface area (Å²) in [4.78, 5) is 27.9. The van der Waals surface area contributed by atoms with Gasteiger partial charge in [0, 0.05) is 5.56 Å². The van der Waals surface area contributed by atoms with Crippen molar-refractivity contribution in [2.45, 2.75) is 44.6 Å². The number of hydrogen-bond donors (Lipinski definition) is 2. The van der Waals surface area contributed by atoms with Gasteiger partial charge in [-0.1, -0.05) is 43.9 Å². The quantitative estimate of drug-likeness (QED) is 0.636. The second-order valence-corrected chi connectivity index (χ2v) is 8.69. The molecule has 2 amide bonds. The summed E-state index contributed by atoms with van der Waals surface area (Å²) in [5.74, 6) is 6.76. The third kappa shape index (κ3) is 5.36. The van der Waals surface area contributed by atoms with Gasteiger partial charge in [0.15, 0.2) is 0 Å². The van der Waals surface area contributed by atoms with E-state index in [1.807, 2.05) is 44.2 Å². The summed E-state index contributed by atoms with van der Waals surface area (Å²) < 4.78 is 11.3. The fourth-order valence-corrected chi connectivity index (χ4v) is 4.09. The van der Waals surface area contributed by atoms with Crippen molar-refractivity contribution in [1.29, 1.82) is 0 Å². The molecule has 0 aromatic heterocycles. The molecule has 1 fully saturated rings. The van der Waals surface area contributed by atoms with E-state index in [0.717, 1.165) is 0 Å². The van der Waals surface area contributed by atoms with Crippen molar-refractivity contribution in [2.24, 2.45) is 5.92 Å². The van der Waals surface area contributed by atoms with Crippen LogP contribution in [0.5, 0.6) is 11.5 Å². The van der Waals surface area contributed by atoms with Crippen molar-refractivity contribution >= 4 is 11.8 Å². The molecule has 2 N–H and O–H groups in total. The number of nitrogens with one attached hydrogen (secondary N) is 1. The zero-order valence-corrected chi connectivity index (χ0v) is 18.7. The predicted molar refractivity (Wildman–Crippen MR) is 123 cm³/mol. The number of hydrogen-bond acceptors (Lipinski definition) is 5. The van der Waals surface area contributed by atoms with Crippen LogP contribution in [0.4, 0.5) is 0 Å². The van der Waals surface area contributed by atoms with E-state index in [-0.39, 0.29) is 30.9 Å². The molecule has 0 radical (unpaired) electrons. The van der Waals surface area contributed by atoms with Crippen LogP contribution in [0, 0.1) is 17.8 Å². The summed E-state index contributed by atoms with van der Waals surface area (Å²) in [6.45, 7) is 4.34. The Morgan fingerprint density at radius 3 is 2.55 bits per heavy atom. The van der Waals surface area contributed by atoms with Crippen molar-refractivity contribution in [3.05, 3.63) is 60.2 Å². The molecule has 2 aromatic rings. The maximum atomic E-state index is 13.4. The summed E-state index contributed by atoms with van der Waals surface area (Å²) in [6, 6.07) is 14.9. The van der Waals surface area contributed by atoms with Crippen LogP contribution >= 0.6 is 0 Å². The van der Waals surface area contributed by atoms with Crippen LogP contribution in [0.1, 0.15) is 30.6 Å². The highest BCUT2D eigenvalue weighted by Crippen LogP contribution is 2.25. The van der Waals surface area contributed by atoms with Crippen LogP contribution in [0.2, 0.25) is 0 Å². The molecule has 172 valence electrons. The Labute approximate surface area is 193 Å². The van der Waals surface area contributed by atoms with Gasteiger partial charge in [-0.25, -0.2) is 0 Å². The first-order valence-electron chi connectivity index (χ1n) is 11.1. The minimum Gasteiger partial charge on any atom is -0.457 e. The Morgan fingerprint density at radius 1 is 1.15 bits per heavy atom. The molecule has 0 bridgehead atoms. The Balaban J connectivity index is 1.45. The first kappa shape index (κ1) is 22.8. The average molecular weight is 449 g/mol. The molecular weight excluding hydrogens is 420 g/mol. The second kappa shape index (κ2) is 10.1. The van der Waals surface area contributed by atoms with E-state index in [1.54, 1.807) is 29.2 Å². The highest BCUT2D eigenvalue weighted by molar-refractivity contribution is 5.97. The van der Waals surface area contributed by atoms with Gasteiger partial charge >= 0.3 is 0 Å². The van der Waals surface area contributed by atoms with Gasteiger partial charge in [0.1, 0.15) is 29.7 Å². The molecule has 0 saturated carbocycles. The fourth-order valence-electron chi connectivity index (χ4n) is 4.09. The van der Waals surface area contributed by atoms with Gasteiger partial charge in [-0.2, -0.15) is 0 Å². The number of fused-ring (bicyclic) bond motifs is 1. The first-order chi connectivity index (χ1) is 15.9. The van der Waals surface area contributed by atoms with Gasteiger partial charge in [0.05, 0.1) is 19.2 Å². The summed E-state index contributed by atoms with van der Waals surface area (Å²) >= 11 is 0. The Kier molecular flexibility index (Phi) is 6.97. The molecule has 7 nitrogen and oxygen atoms in total. The molecule has 0 aliphatic carbocycles. The monoisotopic (exact) mass is 448 g/mol. The number of rotatable bonds is 7. The van der Waals surface area contributed by atoms with Crippen LogP contribution in [0.15, 0.2) is 54.6 Å². The minimum atomic E-state index is -0.791. The minimum absolute atomic E-state index is 0.145. The Hall–Kier alpha value is -3.34. The van der Waals surface area contributed by atoms with Crippen LogP contribution in [-0.4, -0.2) is 59.3 Å². The van der Waals surface area contributed by atoms with Crippen molar-refractivity contribution in [1.82, 2.24) is 10.2 Å². The summed E-state index contributed by atoms with van der Waals surface area (Å²) in [7, 11) is 0. The molecule has 0 unspecified atom stereocenters. The molecule has 2 aliphatic heterocycles. The van der Waals surface area contributed by atoms with E-state index in [2.05, 4.69) is 17.2 Å². The molecule has 7 heteroatoms. The van der Waals surface area contributed by atoms with Crippen molar-refractivity contribution in [3.63, 3.8) is 0 Å². The third-order valence-electron chi connectivity index (χ3n) is 5.69. The maximum absolute atomic E-state index is 13.4. The third-order valence-corrected chi connectivity index (χ3v) is 5.69. The van der Waals surface area contributed by atoms with Gasteiger partial charge in [-0.15, -0.1) is 0 Å². The van der Waals surface area contributed by atoms with E-state index in [0.29, 0.717) is 23.5 Å². The molecule has 2 aromatic carbocycles. The van der Waals surface area contributed by atoms with Crippen LogP contribution in [-0.2, 0) is 9.53 Å². The number of carbonyl (C=O) groups is 2. The average Bonchev–Trinajstić information content (AvgIpc) is 3.20. The molecule has 0 spiro atoms. The van der Waals surface area contributed by atoms with Gasteiger partial charge in [-0.05, 0) is 48.7 Å². The van der Waals surface area contributed by atoms with E-state index >= 15 is 0 Å². The largest absolute Gasteiger partial charge is 0.457 e. The first-order valence-corrected chi connectivity index (χ1v) is 11.1. The van der Waals surface area contributed by atoms with E-state index in [9.17, 15) is 14.7 Å². The molecule has 1 saturated heterocycles. The highest BCUT2D eigenvalue weighted by Gasteiger charge is 2.44. The normalized spacial score (nSPS) is 22.2. The van der Waals surface area contributed by atoms with Crippen LogP contribution < -0.4 is 10.1 Å². The zero-order chi connectivity index (χ0) is 23.4. The van der Waals surface area contributed by atoms with Crippen LogP contribution in [0.3, 0.4) is 0 Å². The smallest absolute Gasteiger partial charge is 0.251 e. The lowest BCUT2D eigenvalue weighted by Crippen LogP contribution is -2.57. The molecule has 4 rings (SSSR count). The van der Waals surface area contributed by atoms with Gasteiger partial charge in [0.25, 0.3) is 5.91 Å². The number of nitrogens with zero attached hydrogens (tertiary/aromatic N) is 1. The van der Waals surface area contributed by atoms with E-state index in [4.69, 9.17) is 9.47 Å². The summed E-state index contributed by atoms with van der Waals surface area (Å²) in [5, 5.41) is 13.2. The van der Waals surface area contributed by atoms with Crippen molar-refractivity contribution in [3.8, 4) is 23.3 Å². The highest BCUT2D eigenvalue weighted by atomic mass is 16.5.